The van der Waals surface area contributed by atoms with Crippen molar-refractivity contribution in [2.24, 2.45) is 0 Å². The Kier molecular flexibility index (Phi) is 8.68. The van der Waals surface area contributed by atoms with Crippen LogP contribution in [0.1, 0.15) is 24.5 Å². The first-order chi connectivity index (χ1) is 12.6. The molecule has 0 aliphatic carbocycles. The number of hydrogen-bond donors (Lipinski definition) is 1. The Morgan fingerprint density at radius 2 is 1.92 bits per heavy atom. The maximum Gasteiger partial charge on any atom is 0.161 e. The highest BCUT2D eigenvalue weighted by atomic mass is 35.5. The molecule has 0 radical (unpaired) electrons. The van der Waals surface area contributed by atoms with Gasteiger partial charge in [0.05, 0.1) is 11.6 Å². The third-order valence-corrected chi connectivity index (χ3v) is 4.09. The standard InChI is InChI=1S/C20H25ClFNO3/c1-3-25-20-11-15(13-23-9-4-10-24-2)5-8-19(20)26-14-16-6-7-17(22)12-18(16)21/h5-8,11-12,23H,3-4,9-10,13-14H2,1-2H3. The predicted octanol–water partition coefficient (Wildman–Crippen LogP) is 4.58. The molecule has 1 N–H and O–H groups in total. The minimum absolute atomic E-state index is 0.244. The highest BCUT2D eigenvalue weighted by Gasteiger charge is 2.09. The molecule has 0 saturated heterocycles. The van der Waals surface area contributed by atoms with Gasteiger partial charge in [0, 0.05) is 25.8 Å². The summed E-state index contributed by atoms with van der Waals surface area (Å²) in [6.45, 7) is 5.09. The molecule has 0 amide bonds. The summed E-state index contributed by atoms with van der Waals surface area (Å²) in [4.78, 5) is 0. The molecule has 0 spiro atoms. The Labute approximate surface area is 159 Å². The highest BCUT2D eigenvalue weighted by Crippen LogP contribution is 2.30. The van der Waals surface area contributed by atoms with Crippen LogP contribution in [0.15, 0.2) is 36.4 Å². The third-order valence-electron chi connectivity index (χ3n) is 3.74. The van der Waals surface area contributed by atoms with Gasteiger partial charge in [-0.3, -0.25) is 0 Å². The van der Waals surface area contributed by atoms with Crippen molar-refractivity contribution in [3.63, 3.8) is 0 Å². The zero-order chi connectivity index (χ0) is 18.8. The second kappa shape index (κ2) is 11.0. The summed E-state index contributed by atoms with van der Waals surface area (Å²) in [5.74, 6) is 0.952. The van der Waals surface area contributed by atoms with E-state index in [1.54, 1.807) is 13.2 Å². The predicted molar refractivity (Wildman–Crippen MR) is 102 cm³/mol. The molecule has 2 aromatic carbocycles. The van der Waals surface area contributed by atoms with Crippen LogP contribution in [0, 0.1) is 5.82 Å². The van der Waals surface area contributed by atoms with E-state index >= 15 is 0 Å². The monoisotopic (exact) mass is 381 g/mol. The number of ether oxygens (including phenoxy) is 3. The van der Waals surface area contributed by atoms with Crippen LogP contribution in [0.3, 0.4) is 0 Å². The summed E-state index contributed by atoms with van der Waals surface area (Å²) in [6, 6.07) is 10.1. The van der Waals surface area contributed by atoms with E-state index in [9.17, 15) is 4.39 Å². The van der Waals surface area contributed by atoms with Gasteiger partial charge < -0.3 is 19.5 Å². The van der Waals surface area contributed by atoms with E-state index in [1.165, 1.54) is 12.1 Å². The molecule has 0 heterocycles. The lowest BCUT2D eigenvalue weighted by Crippen LogP contribution is -2.16. The molecule has 142 valence electrons. The van der Waals surface area contributed by atoms with Crippen molar-refractivity contribution in [3.8, 4) is 11.5 Å². The van der Waals surface area contributed by atoms with Crippen LogP contribution >= 0.6 is 11.6 Å². The molecule has 0 aliphatic rings. The molecule has 0 bridgehead atoms. The molecule has 0 saturated carbocycles. The van der Waals surface area contributed by atoms with Crippen LogP contribution in [0.5, 0.6) is 11.5 Å². The van der Waals surface area contributed by atoms with Crippen LogP contribution in [0.2, 0.25) is 5.02 Å². The van der Waals surface area contributed by atoms with Gasteiger partial charge in [-0.2, -0.15) is 0 Å². The van der Waals surface area contributed by atoms with Crippen LogP contribution in [0.4, 0.5) is 4.39 Å². The lowest BCUT2D eigenvalue weighted by Gasteiger charge is -2.14. The fourth-order valence-electron chi connectivity index (χ4n) is 2.42. The summed E-state index contributed by atoms with van der Waals surface area (Å²) in [7, 11) is 1.70. The van der Waals surface area contributed by atoms with Crippen molar-refractivity contribution in [1.82, 2.24) is 5.32 Å². The van der Waals surface area contributed by atoms with Crippen molar-refractivity contribution >= 4 is 11.6 Å². The Bertz CT molecular complexity index is 697. The van der Waals surface area contributed by atoms with Crippen LogP contribution in [-0.2, 0) is 17.9 Å². The average molecular weight is 382 g/mol. The molecular formula is C20H25ClFNO3. The van der Waals surface area contributed by atoms with Crippen LogP contribution in [0.25, 0.3) is 0 Å². The van der Waals surface area contributed by atoms with Crippen molar-refractivity contribution in [3.05, 3.63) is 58.4 Å². The molecule has 0 unspecified atom stereocenters. The summed E-state index contributed by atoms with van der Waals surface area (Å²) >= 11 is 6.05. The third kappa shape index (κ3) is 6.48. The van der Waals surface area contributed by atoms with E-state index in [0.717, 1.165) is 37.2 Å². The second-order valence-corrected chi connectivity index (χ2v) is 6.17. The Morgan fingerprint density at radius 3 is 2.65 bits per heavy atom. The number of benzene rings is 2. The first-order valence-electron chi connectivity index (χ1n) is 8.66. The molecule has 2 rings (SSSR count). The quantitative estimate of drug-likeness (QED) is 0.578. The van der Waals surface area contributed by atoms with Gasteiger partial charge in [-0.05, 0) is 49.7 Å². The largest absolute Gasteiger partial charge is 0.490 e. The van der Waals surface area contributed by atoms with Crippen molar-refractivity contribution < 1.29 is 18.6 Å². The minimum atomic E-state index is -0.365. The molecule has 2 aromatic rings. The minimum Gasteiger partial charge on any atom is -0.490 e. The van der Waals surface area contributed by atoms with Gasteiger partial charge in [-0.15, -0.1) is 0 Å². The lowest BCUT2D eigenvalue weighted by molar-refractivity contribution is 0.194. The molecular weight excluding hydrogens is 357 g/mol. The van der Waals surface area contributed by atoms with E-state index in [-0.39, 0.29) is 12.4 Å². The van der Waals surface area contributed by atoms with Gasteiger partial charge >= 0.3 is 0 Å². The molecule has 6 heteroatoms. The first kappa shape index (κ1) is 20.5. The number of nitrogens with one attached hydrogen (secondary N) is 1. The topological polar surface area (TPSA) is 39.7 Å². The van der Waals surface area contributed by atoms with E-state index in [4.69, 9.17) is 25.8 Å². The maximum absolute atomic E-state index is 13.1. The van der Waals surface area contributed by atoms with Crippen LogP contribution < -0.4 is 14.8 Å². The van der Waals surface area contributed by atoms with Gasteiger partial charge in [-0.25, -0.2) is 4.39 Å². The Hall–Kier alpha value is -1.82. The van der Waals surface area contributed by atoms with Gasteiger partial charge in [-0.1, -0.05) is 23.7 Å². The Morgan fingerprint density at radius 1 is 1.08 bits per heavy atom. The number of hydrogen-bond acceptors (Lipinski definition) is 4. The smallest absolute Gasteiger partial charge is 0.161 e. The second-order valence-electron chi connectivity index (χ2n) is 5.76. The molecule has 4 nitrogen and oxygen atoms in total. The number of halogens is 2. The van der Waals surface area contributed by atoms with Crippen molar-refractivity contribution in [1.29, 1.82) is 0 Å². The van der Waals surface area contributed by atoms with Gasteiger partial charge in [0.1, 0.15) is 12.4 Å². The first-order valence-corrected chi connectivity index (χ1v) is 9.04. The molecule has 0 fully saturated rings. The molecule has 26 heavy (non-hydrogen) atoms. The van der Waals surface area contributed by atoms with E-state index in [1.807, 2.05) is 25.1 Å². The fourth-order valence-corrected chi connectivity index (χ4v) is 2.64. The van der Waals surface area contributed by atoms with E-state index < -0.39 is 0 Å². The maximum atomic E-state index is 13.1. The molecule has 0 atom stereocenters. The normalized spacial score (nSPS) is 10.8. The SMILES string of the molecule is CCOc1cc(CNCCCOC)ccc1OCc1ccc(F)cc1Cl. The van der Waals surface area contributed by atoms with E-state index in [0.29, 0.717) is 23.1 Å². The fraction of sp³-hybridized carbons (Fsp3) is 0.400. The van der Waals surface area contributed by atoms with Crippen molar-refractivity contribution in [2.45, 2.75) is 26.5 Å². The van der Waals surface area contributed by atoms with Gasteiger partial charge in [0.15, 0.2) is 11.5 Å². The summed E-state index contributed by atoms with van der Waals surface area (Å²) in [5.41, 5.74) is 1.83. The van der Waals surface area contributed by atoms with Crippen molar-refractivity contribution in [2.75, 3.05) is 26.9 Å². The summed E-state index contributed by atoms with van der Waals surface area (Å²) in [6.07, 6.45) is 0.967. The zero-order valence-corrected chi connectivity index (χ0v) is 15.9. The average Bonchev–Trinajstić information content (AvgIpc) is 2.62. The zero-order valence-electron chi connectivity index (χ0n) is 15.2. The summed E-state index contributed by atoms with van der Waals surface area (Å²) < 4.78 is 29.7. The number of methoxy groups -OCH3 is 1. The highest BCUT2D eigenvalue weighted by molar-refractivity contribution is 6.31. The molecule has 0 aromatic heterocycles. The Balaban J connectivity index is 1.98. The summed E-state index contributed by atoms with van der Waals surface area (Å²) in [5, 5.41) is 3.71. The van der Waals surface area contributed by atoms with E-state index in [2.05, 4.69) is 5.32 Å². The van der Waals surface area contributed by atoms with Gasteiger partial charge in [0.25, 0.3) is 0 Å². The van der Waals surface area contributed by atoms with Gasteiger partial charge in [0.2, 0.25) is 0 Å². The van der Waals surface area contributed by atoms with Crippen LogP contribution in [-0.4, -0.2) is 26.9 Å². The molecule has 0 aliphatic heterocycles. The lowest BCUT2D eigenvalue weighted by atomic mass is 10.2. The number of rotatable bonds is 11.